The summed E-state index contributed by atoms with van der Waals surface area (Å²) in [7, 11) is -1.44. The van der Waals surface area contributed by atoms with Crippen molar-refractivity contribution in [3.63, 3.8) is 0 Å². The molecule has 1 aromatic rings. The summed E-state index contributed by atoms with van der Waals surface area (Å²) in [6.07, 6.45) is 0.493. The standard InChI is InChI=1S/C17H28N2O3Si/c1-14(2)18-16(20)11-19(15-9-7-6-8-10-15)12-17(21)22-13-23(3,4)5/h6-10,14H,11-13H2,1-5H3,(H,18,20). The van der Waals surface area contributed by atoms with E-state index in [4.69, 9.17) is 4.74 Å². The van der Waals surface area contributed by atoms with Crippen molar-refractivity contribution in [1.29, 1.82) is 0 Å². The van der Waals surface area contributed by atoms with Gasteiger partial charge in [0.1, 0.15) is 6.54 Å². The fourth-order valence-corrected chi connectivity index (χ4v) is 2.51. The Morgan fingerprint density at radius 2 is 1.74 bits per heavy atom. The van der Waals surface area contributed by atoms with Crippen LogP contribution in [0, 0.1) is 0 Å². The molecule has 23 heavy (non-hydrogen) atoms. The summed E-state index contributed by atoms with van der Waals surface area (Å²) in [5.41, 5.74) is 0.830. The van der Waals surface area contributed by atoms with E-state index in [9.17, 15) is 9.59 Å². The third-order valence-electron chi connectivity index (χ3n) is 2.89. The number of anilines is 1. The molecule has 0 saturated heterocycles. The summed E-state index contributed by atoms with van der Waals surface area (Å²) in [6, 6.07) is 9.51. The number of rotatable bonds is 8. The van der Waals surface area contributed by atoms with Crippen molar-refractivity contribution in [2.45, 2.75) is 39.5 Å². The molecule has 1 N–H and O–H groups in total. The lowest BCUT2D eigenvalue weighted by Gasteiger charge is -2.24. The van der Waals surface area contributed by atoms with E-state index in [1.165, 1.54) is 0 Å². The normalized spacial score (nSPS) is 11.2. The number of benzene rings is 1. The number of hydrogen-bond donors (Lipinski definition) is 1. The second-order valence-corrected chi connectivity index (χ2v) is 12.5. The second kappa shape index (κ2) is 8.72. The highest BCUT2D eigenvalue weighted by Crippen LogP contribution is 2.13. The second-order valence-electron chi connectivity index (χ2n) is 7.14. The average molecular weight is 337 g/mol. The predicted molar refractivity (Wildman–Crippen MR) is 96.2 cm³/mol. The highest BCUT2D eigenvalue weighted by Gasteiger charge is 2.20. The molecule has 0 bridgehead atoms. The molecule has 0 aliphatic carbocycles. The maximum atomic E-state index is 12.1. The van der Waals surface area contributed by atoms with Gasteiger partial charge in [-0.15, -0.1) is 0 Å². The highest BCUT2D eigenvalue weighted by atomic mass is 28.3. The Morgan fingerprint density at radius 1 is 1.13 bits per heavy atom. The van der Waals surface area contributed by atoms with Crippen molar-refractivity contribution in [2.24, 2.45) is 0 Å². The van der Waals surface area contributed by atoms with Gasteiger partial charge in [0, 0.05) is 11.7 Å². The third kappa shape index (κ3) is 8.40. The zero-order valence-corrected chi connectivity index (χ0v) is 15.8. The van der Waals surface area contributed by atoms with Gasteiger partial charge in [-0.25, -0.2) is 0 Å². The zero-order valence-electron chi connectivity index (χ0n) is 14.8. The number of nitrogens with zero attached hydrogens (tertiary/aromatic N) is 1. The molecular formula is C17H28N2O3Si. The topological polar surface area (TPSA) is 58.6 Å². The van der Waals surface area contributed by atoms with Crippen LogP contribution in [0.5, 0.6) is 0 Å². The summed E-state index contributed by atoms with van der Waals surface area (Å²) in [4.78, 5) is 25.9. The number of carbonyl (C=O) groups is 2. The number of ether oxygens (including phenoxy) is 1. The Labute approximate surface area is 140 Å². The van der Waals surface area contributed by atoms with E-state index in [-0.39, 0.29) is 31.0 Å². The lowest BCUT2D eigenvalue weighted by atomic mass is 10.2. The van der Waals surface area contributed by atoms with Crippen LogP contribution in [0.2, 0.25) is 19.6 Å². The Hall–Kier alpha value is -1.82. The third-order valence-corrected chi connectivity index (χ3v) is 3.90. The van der Waals surface area contributed by atoms with Crippen LogP contribution >= 0.6 is 0 Å². The van der Waals surface area contributed by atoms with Crippen LogP contribution in [0.3, 0.4) is 0 Å². The first-order valence-corrected chi connectivity index (χ1v) is 11.6. The van der Waals surface area contributed by atoms with E-state index in [0.29, 0.717) is 6.23 Å². The average Bonchev–Trinajstić information content (AvgIpc) is 2.44. The molecule has 0 fully saturated rings. The number of para-hydroxylation sites is 1. The molecule has 0 aromatic heterocycles. The van der Waals surface area contributed by atoms with Crippen molar-refractivity contribution in [2.75, 3.05) is 24.2 Å². The predicted octanol–water partition coefficient (Wildman–Crippen LogP) is 2.44. The van der Waals surface area contributed by atoms with Gasteiger partial charge >= 0.3 is 5.97 Å². The minimum atomic E-state index is -1.44. The van der Waals surface area contributed by atoms with Gasteiger partial charge in [-0.3, -0.25) is 9.59 Å². The largest absolute Gasteiger partial charge is 0.468 e. The van der Waals surface area contributed by atoms with Crippen molar-refractivity contribution >= 4 is 25.6 Å². The molecule has 0 unspecified atom stereocenters. The van der Waals surface area contributed by atoms with Crippen LogP contribution in [0.15, 0.2) is 30.3 Å². The molecule has 0 saturated carbocycles. The van der Waals surface area contributed by atoms with Crippen LogP contribution in [0.25, 0.3) is 0 Å². The molecule has 1 rings (SSSR count). The summed E-state index contributed by atoms with van der Waals surface area (Å²) in [5.74, 6) is -0.407. The Bertz CT molecular complexity index is 512. The SMILES string of the molecule is CC(C)NC(=O)CN(CC(=O)OC[Si](C)(C)C)c1ccccc1. The summed E-state index contributed by atoms with van der Waals surface area (Å²) < 4.78 is 5.37. The first-order valence-electron chi connectivity index (χ1n) is 7.92. The van der Waals surface area contributed by atoms with Gasteiger partial charge in [0.05, 0.1) is 20.8 Å². The van der Waals surface area contributed by atoms with Crippen LogP contribution in [-0.4, -0.2) is 45.3 Å². The molecule has 1 amide bonds. The van der Waals surface area contributed by atoms with Crippen molar-refractivity contribution in [3.8, 4) is 0 Å². The molecule has 0 spiro atoms. The van der Waals surface area contributed by atoms with E-state index in [1.807, 2.05) is 44.2 Å². The summed E-state index contributed by atoms with van der Waals surface area (Å²) in [6.45, 7) is 10.5. The van der Waals surface area contributed by atoms with E-state index >= 15 is 0 Å². The van der Waals surface area contributed by atoms with Gasteiger partial charge in [-0.05, 0) is 26.0 Å². The molecule has 5 nitrogen and oxygen atoms in total. The van der Waals surface area contributed by atoms with Crippen molar-refractivity contribution in [3.05, 3.63) is 30.3 Å². The van der Waals surface area contributed by atoms with Gasteiger partial charge < -0.3 is 15.0 Å². The van der Waals surface area contributed by atoms with Crippen LogP contribution in [0.4, 0.5) is 5.69 Å². The molecule has 1 aromatic carbocycles. The van der Waals surface area contributed by atoms with Crippen LogP contribution in [-0.2, 0) is 14.3 Å². The molecule has 0 radical (unpaired) electrons. The smallest absolute Gasteiger partial charge is 0.325 e. The van der Waals surface area contributed by atoms with Crippen LogP contribution < -0.4 is 10.2 Å². The Balaban J connectivity index is 2.72. The lowest BCUT2D eigenvalue weighted by Crippen LogP contribution is -2.43. The van der Waals surface area contributed by atoms with Gasteiger partial charge in [0.2, 0.25) is 5.91 Å². The summed E-state index contributed by atoms with van der Waals surface area (Å²) in [5, 5.41) is 2.85. The Kier molecular flexibility index (Phi) is 7.29. The van der Waals surface area contributed by atoms with E-state index in [2.05, 4.69) is 25.0 Å². The van der Waals surface area contributed by atoms with Crippen molar-refractivity contribution < 1.29 is 14.3 Å². The van der Waals surface area contributed by atoms with Crippen molar-refractivity contribution in [1.82, 2.24) is 5.32 Å². The molecule has 128 valence electrons. The van der Waals surface area contributed by atoms with E-state index < -0.39 is 8.07 Å². The van der Waals surface area contributed by atoms with Gasteiger partial charge in [0.25, 0.3) is 0 Å². The molecule has 0 aliphatic rings. The number of esters is 1. The van der Waals surface area contributed by atoms with Gasteiger partial charge in [-0.1, -0.05) is 37.8 Å². The van der Waals surface area contributed by atoms with E-state index in [1.54, 1.807) is 4.90 Å². The zero-order chi connectivity index (χ0) is 17.5. The quantitative estimate of drug-likeness (QED) is 0.585. The minimum absolute atomic E-state index is 0.0685. The van der Waals surface area contributed by atoms with Crippen LogP contribution in [0.1, 0.15) is 13.8 Å². The van der Waals surface area contributed by atoms with Gasteiger partial charge in [0.15, 0.2) is 0 Å². The highest BCUT2D eigenvalue weighted by molar-refractivity contribution is 6.76. The minimum Gasteiger partial charge on any atom is -0.468 e. The number of nitrogens with one attached hydrogen (secondary N) is 1. The van der Waals surface area contributed by atoms with Gasteiger partial charge in [-0.2, -0.15) is 0 Å². The lowest BCUT2D eigenvalue weighted by molar-refractivity contribution is -0.140. The maximum absolute atomic E-state index is 12.1. The molecule has 0 aliphatic heterocycles. The number of carbonyl (C=O) groups excluding carboxylic acids is 2. The molecule has 0 atom stereocenters. The number of hydrogen-bond acceptors (Lipinski definition) is 4. The first kappa shape index (κ1) is 19.2. The maximum Gasteiger partial charge on any atom is 0.325 e. The Morgan fingerprint density at radius 3 is 2.26 bits per heavy atom. The number of amides is 1. The molecule has 0 heterocycles. The summed E-state index contributed by atoms with van der Waals surface area (Å²) >= 11 is 0. The fraction of sp³-hybridized carbons (Fsp3) is 0.529. The molecular weight excluding hydrogens is 308 g/mol. The fourth-order valence-electron chi connectivity index (χ4n) is 1.92. The monoisotopic (exact) mass is 336 g/mol. The first-order chi connectivity index (χ1) is 10.7. The molecule has 6 heteroatoms. The van der Waals surface area contributed by atoms with E-state index in [0.717, 1.165) is 5.69 Å².